The summed E-state index contributed by atoms with van der Waals surface area (Å²) in [7, 11) is -3.91. The van der Waals surface area contributed by atoms with E-state index in [-0.39, 0.29) is 34.6 Å². The molecule has 0 fully saturated rings. The third-order valence-electron chi connectivity index (χ3n) is 6.24. The van der Waals surface area contributed by atoms with E-state index in [0.717, 1.165) is 33.7 Å². The molecule has 3 aromatic rings. The average Bonchev–Trinajstić information content (AvgIpc) is 2.88. The third-order valence-corrected chi connectivity index (χ3v) is 7.81. The second-order valence-electron chi connectivity index (χ2n) is 9.34. The molecule has 0 saturated carbocycles. The van der Waals surface area contributed by atoms with E-state index in [4.69, 9.17) is 23.2 Å². The number of hydrogen-bond acceptors (Lipinski definition) is 4. The van der Waals surface area contributed by atoms with Crippen LogP contribution in [0.15, 0.2) is 72.8 Å². The first-order valence-corrected chi connectivity index (χ1v) is 15.2. The molecule has 3 rings (SSSR count). The van der Waals surface area contributed by atoms with Gasteiger partial charge in [-0.2, -0.15) is 0 Å². The Kier molecular flexibility index (Phi) is 10.8. The quantitative estimate of drug-likeness (QED) is 0.313. The molecule has 1 atom stereocenters. The van der Waals surface area contributed by atoms with Gasteiger partial charge in [0.1, 0.15) is 12.6 Å². The molecule has 10 heteroatoms. The maximum Gasteiger partial charge on any atom is 0.244 e. The lowest BCUT2D eigenvalue weighted by Gasteiger charge is -2.34. The summed E-state index contributed by atoms with van der Waals surface area (Å²) in [6.45, 7) is 3.91. The lowest BCUT2D eigenvalue weighted by Crippen LogP contribution is -2.53. The fourth-order valence-corrected chi connectivity index (χ4v) is 5.54. The van der Waals surface area contributed by atoms with Crippen LogP contribution in [0.2, 0.25) is 10.0 Å². The maximum atomic E-state index is 14.0. The Morgan fingerprint density at radius 3 is 2.15 bits per heavy atom. The number of benzene rings is 3. The van der Waals surface area contributed by atoms with Crippen molar-refractivity contribution < 1.29 is 18.0 Å². The molecule has 0 aliphatic carbocycles. The van der Waals surface area contributed by atoms with Gasteiger partial charge in [0.05, 0.1) is 11.9 Å². The number of halogens is 2. The Hall–Kier alpha value is -3.07. The van der Waals surface area contributed by atoms with E-state index >= 15 is 0 Å². The molecule has 0 aliphatic heterocycles. The van der Waals surface area contributed by atoms with Gasteiger partial charge in [0.15, 0.2) is 0 Å². The second kappa shape index (κ2) is 13.8. The minimum absolute atomic E-state index is 0.121. The number of sulfonamides is 1. The summed E-state index contributed by atoms with van der Waals surface area (Å²) in [5.41, 5.74) is 2.83. The molecule has 7 nitrogen and oxygen atoms in total. The summed E-state index contributed by atoms with van der Waals surface area (Å²) in [6.07, 6.45) is 2.00. The summed E-state index contributed by atoms with van der Waals surface area (Å²) in [5.74, 6) is -0.841. The van der Waals surface area contributed by atoms with Gasteiger partial charge in [0.2, 0.25) is 21.8 Å². The van der Waals surface area contributed by atoms with E-state index in [2.05, 4.69) is 5.32 Å². The number of anilines is 1. The molecular formula is C29H33Cl2N3O4S. The highest BCUT2D eigenvalue weighted by atomic mass is 35.5. The Labute approximate surface area is 240 Å². The number of nitrogens with one attached hydrogen (secondary N) is 1. The van der Waals surface area contributed by atoms with Crippen LogP contribution in [0.5, 0.6) is 0 Å². The van der Waals surface area contributed by atoms with Gasteiger partial charge in [-0.05, 0) is 48.2 Å². The van der Waals surface area contributed by atoms with Crippen molar-refractivity contribution in [2.45, 2.75) is 39.3 Å². The Morgan fingerprint density at radius 1 is 0.949 bits per heavy atom. The van der Waals surface area contributed by atoms with E-state index in [1.54, 1.807) is 0 Å². The van der Waals surface area contributed by atoms with E-state index in [9.17, 15) is 18.0 Å². The Bertz CT molecular complexity index is 1380. The zero-order valence-corrected chi connectivity index (χ0v) is 24.6. The summed E-state index contributed by atoms with van der Waals surface area (Å²) in [5, 5.41) is 3.38. The lowest BCUT2D eigenvalue weighted by molar-refractivity contribution is -0.140. The molecule has 1 unspecified atom stereocenters. The first-order valence-electron chi connectivity index (χ1n) is 12.6. The predicted molar refractivity (Wildman–Crippen MR) is 158 cm³/mol. The van der Waals surface area contributed by atoms with E-state index in [1.165, 1.54) is 23.1 Å². The monoisotopic (exact) mass is 589 g/mol. The van der Waals surface area contributed by atoms with Gasteiger partial charge in [0, 0.05) is 29.6 Å². The molecule has 0 spiro atoms. The SMILES string of the molecule is CCCNC(=O)C(Cc1ccccc1)N(Cc1ccccc1C)C(=O)CN(c1cc(Cl)cc(Cl)c1)S(C)(=O)=O. The van der Waals surface area contributed by atoms with Gasteiger partial charge in [-0.1, -0.05) is 84.7 Å². The molecule has 39 heavy (non-hydrogen) atoms. The summed E-state index contributed by atoms with van der Waals surface area (Å²) in [6, 6.07) is 20.5. The highest BCUT2D eigenvalue weighted by Crippen LogP contribution is 2.27. The van der Waals surface area contributed by atoms with Crippen LogP contribution in [0.1, 0.15) is 30.0 Å². The van der Waals surface area contributed by atoms with Crippen molar-refractivity contribution in [3.63, 3.8) is 0 Å². The van der Waals surface area contributed by atoms with Crippen LogP contribution >= 0.6 is 23.2 Å². The number of hydrogen-bond donors (Lipinski definition) is 1. The minimum atomic E-state index is -3.91. The molecule has 0 radical (unpaired) electrons. The van der Waals surface area contributed by atoms with Gasteiger partial charge in [-0.3, -0.25) is 13.9 Å². The van der Waals surface area contributed by atoms with Crippen molar-refractivity contribution in [3.8, 4) is 0 Å². The van der Waals surface area contributed by atoms with Gasteiger partial charge >= 0.3 is 0 Å². The first kappa shape index (κ1) is 30.5. The fraction of sp³-hybridized carbons (Fsp3) is 0.310. The molecule has 0 bridgehead atoms. The van der Waals surface area contributed by atoms with Crippen LogP contribution in [-0.4, -0.2) is 50.5 Å². The normalized spacial score (nSPS) is 12.0. The number of aryl methyl sites for hydroxylation is 1. The number of carbonyl (C=O) groups excluding carboxylic acids is 2. The van der Waals surface area contributed by atoms with Gasteiger partial charge < -0.3 is 10.2 Å². The lowest BCUT2D eigenvalue weighted by atomic mass is 10.0. The second-order valence-corrected chi connectivity index (χ2v) is 12.1. The molecule has 0 heterocycles. The van der Waals surface area contributed by atoms with Gasteiger partial charge in [-0.25, -0.2) is 8.42 Å². The summed E-state index contributed by atoms with van der Waals surface area (Å²) in [4.78, 5) is 29.0. The van der Waals surface area contributed by atoms with Crippen LogP contribution in [0.3, 0.4) is 0 Å². The molecule has 0 aromatic heterocycles. The first-order chi connectivity index (χ1) is 18.5. The molecule has 208 valence electrons. The largest absolute Gasteiger partial charge is 0.354 e. The van der Waals surface area contributed by atoms with Crippen molar-refractivity contribution in [2.24, 2.45) is 0 Å². The number of carbonyl (C=O) groups is 2. The fourth-order valence-electron chi connectivity index (χ4n) is 4.19. The summed E-state index contributed by atoms with van der Waals surface area (Å²) >= 11 is 12.3. The van der Waals surface area contributed by atoms with Crippen molar-refractivity contribution in [1.82, 2.24) is 10.2 Å². The van der Waals surface area contributed by atoms with Crippen molar-refractivity contribution >= 4 is 50.7 Å². The zero-order chi connectivity index (χ0) is 28.6. The van der Waals surface area contributed by atoms with E-state index < -0.39 is 28.5 Å². The maximum absolute atomic E-state index is 14.0. The highest BCUT2D eigenvalue weighted by Gasteiger charge is 2.33. The van der Waals surface area contributed by atoms with Gasteiger partial charge in [-0.15, -0.1) is 0 Å². The molecule has 3 aromatic carbocycles. The molecule has 1 N–H and O–H groups in total. The highest BCUT2D eigenvalue weighted by molar-refractivity contribution is 7.92. The molecule has 0 saturated heterocycles. The Balaban J connectivity index is 2.07. The zero-order valence-electron chi connectivity index (χ0n) is 22.2. The van der Waals surface area contributed by atoms with Crippen LogP contribution in [0.25, 0.3) is 0 Å². The van der Waals surface area contributed by atoms with Crippen molar-refractivity contribution in [1.29, 1.82) is 0 Å². The van der Waals surface area contributed by atoms with Crippen LogP contribution in [0, 0.1) is 6.92 Å². The third kappa shape index (κ3) is 8.71. The number of nitrogens with zero attached hydrogens (tertiary/aromatic N) is 2. The summed E-state index contributed by atoms with van der Waals surface area (Å²) < 4.78 is 26.7. The van der Waals surface area contributed by atoms with Crippen LogP contribution < -0.4 is 9.62 Å². The Morgan fingerprint density at radius 2 is 1.56 bits per heavy atom. The molecule has 2 amide bonds. The standard InChI is InChI=1S/C29H33Cl2N3O4S/c1-4-14-32-29(36)27(15-22-11-6-5-7-12-22)33(19-23-13-9-8-10-21(23)2)28(35)20-34(39(3,37)38)26-17-24(30)16-25(31)18-26/h5-13,16-18,27H,4,14-15,19-20H2,1-3H3,(H,32,36). The topological polar surface area (TPSA) is 86.8 Å². The predicted octanol–water partition coefficient (Wildman–Crippen LogP) is 5.23. The van der Waals surface area contributed by atoms with Crippen molar-refractivity contribution in [2.75, 3.05) is 23.7 Å². The molecular weight excluding hydrogens is 557 g/mol. The van der Waals surface area contributed by atoms with E-state index in [1.807, 2.05) is 68.4 Å². The van der Waals surface area contributed by atoms with Crippen LogP contribution in [0.4, 0.5) is 5.69 Å². The number of amides is 2. The van der Waals surface area contributed by atoms with Crippen molar-refractivity contribution in [3.05, 3.63) is 99.5 Å². The van der Waals surface area contributed by atoms with Crippen LogP contribution in [-0.2, 0) is 32.6 Å². The number of rotatable bonds is 12. The van der Waals surface area contributed by atoms with E-state index in [0.29, 0.717) is 6.54 Å². The molecule has 0 aliphatic rings. The smallest absolute Gasteiger partial charge is 0.244 e. The van der Waals surface area contributed by atoms with Gasteiger partial charge in [0.25, 0.3) is 0 Å². The average molecular weight is 591 g/mol. The minimum Gasteiger partial charge on any atom is -0.354 e.